The van der Waals surface area contributed by atoms with Crippen molar-refractivity contribution in [3.8, 4) is 0 Å². The van der Waals surface area contributed by atoms with Crippen LogP contribution >= 0.6 is 36.2 Å². The minimum absolute atomic E-state index is 0.121. The summed E-state index contributed by atoms with van der Waals surface area (Å²) in [5.41, 5.74) is 11.3. The molecule has 0 aliphatic rings. The molecule has 0 spiro atoms. The van der Waals surface area contributed by atoms with Crippen LogP contribution in [-0.4, -0.2) is 23.6 Å². The Bertz CT molecular complexity index is 1250. The van der Waals surface area contributed by atoms with E-state index in [2.05, 4.69) is 81.9 Å². The molecule has 0 fully saturated rings. The van der Waals surface area contributed by atoms with Crippen LogP contribution in [0.15, 0.2) is 124 Å². The Balaban J connectivity index is 0.000000297. The number of hydrogen-bond acceptors (Lipinski definition) is 6. The van der Waals surface area contributed by atoms with Gasteiger partial charge in [-0.05, 0) is 95.6 Å². The monoisotopic (exact) mass is 631 g/mol. The SMILES string of the molecule is CC(=O)/C=C/CCSc1ccc(C)cc1.Cc1ccc(N)cc1.Cc1ccc(S)cc1.Cc1ccc(SCCC=O)cc1. The maximum atomic E-state index is 10.6. The summed E-state index contributed by atoms with van der Waals surface area (Å²) in [4.78, 5) is 24.2. The van der Waals surface area contributed by atoms with E-state index in [1.807, 2.05) is 73.3 Å². The molecule has 6 heteroatoms. The third-order valence-electron chi connectivity index (χ3n) is 5.56. The van der Waals surface area contributed by atoms with Gasteiger partial charge in [0.05, 0.1) is 0 Å². The van der Waals surface area contributed by atoms with Crippen molar-refractivity contribution in [2.24, 2.45) is 0 Å². The van der Waals surface area contributed by atoms with Crippen LogP contribution in [0.25, 0.3) is 0 Å². The van der Waals surface area contributed by atoms with Gasteiger partial charge in [-0.3, -0.25) is 4.79 Å². The van der Waals surface area contributed by atoms with E-state index >= 15 is 0 Å². The largest absolute Gasteiger partial charge is 0.399 e. The zero-order chi connectivity index (χ0) is 31.9. The van der Waals surface area contributed by atoms with E-state index in [-0.39, 0.29) is 5.78 Å². The van der Waals surface area contributed by atoms with Crippen molar-refractivity contribution in [3.63, 3.8) is 0 Å². The van der Waals surface area contributed by atoms with Crippen molar-refractivity contribution in [2.75, 3.05) is 17.2 Å². The molecule has 0 aromatic heterocycles. The van der Waals surface area contributed by atoms with Gasteiger partial charge in [0, 0.05) is 38.3 Å². The van der Waals surface area contributed by atoms with E-state index in [4.69, 9.17) is 5.73 Å². The van der Waals surface area contributed by atoms with Crippen molar-refractivity contribution in [1.82, 2.24) is 0 Å². The number of anilines is 1. The van der Waals surface area contributed by atoms with Gasteiger partial charge in [0.2, 0.25) is 0 Å². The first-order chi connectivity index (χ1) is 20.6. The molecule has 0 atom stereocenters. The molecule has 0 saturated carbocycles. The van der Waals surface area contributed by atoms with Crippen LogP contribution in [0.5, 0.6) is 0 Å². The lowest BCUT2D eigenvalue weighted by atomic mass is 10.2. The summed E-state index contributed by atoms with van der Waals surface area (Å²) in [5, 5.41) is 0. The number of nitrogens with two attached hydrogens (primary N) is 1. The predicted molar refractivity (Wildman–Crippen MR) is 193 cm³/mol. The molecule has 0 radical (unpaired) electrons. The number of ketones is 1. The van der Waals surface area contributed by atoms with Gasteiger partial charge in [0.25, 0.3) is 0 Å². The Morgan fingerprint density at radius 2 is 1.02 bits per heavy atom. The molecule has 3 nitrogen and oxygen atoms in total. The number of thioether (sulfide) groups is 2. The molecule has 0 heterocycles. The fraction of sp³-hybridized carbons (Fsp3) is 0.243. The highest BCUT2D eigenvalue weighted by atomic mass is 32.2. The van der Waals surface area contributed by atoms with Gasteiger partial charge in [-0.1, -0.05) is 76.9 Å². The van der Waals surface area contributed by atoms with Gasteiger partial charge in [-0.2, -0.15) is 0 Å². The molecular formula is C37H45NO2S3. The second-order valence-corrected chi connectivity index (χ2v) is 12.7. The number of carbonyl (C=O) groups is 2. The zero-order valence-corrected chi connectivity index (χ0v) is 28.5. The molecule has 2 N–H and O–H groups in total. The smallest absolute Gasteiger partial charge is 0.152 e. The van der Waals surface area contributed by atoms with E-state index in [0.717, 1.165) is 34.8 Å². The van der Waals surface area contributed by atoms with Gasteiger partial charge in [-0.15, -0.1) is 36.2 Å². The van der Waals surface area contributed by atoms with E-state index in [1.165, 1.54) is 32.0 Å². The predicted octanol–water partition coefficient (Wildman–Crippen LogP) is 10.2. The van der Waals surface area contributed by atoms with Crippen molar-refractivity contribution >= 4 is 53.9 Å². The lowest BCUT2D eigenvalue weighted by molar-refractivity contribution is -0.112. The van der Waals surface area contributed by atoms with Gasteiger partial charge in [0.1, 0.15) is 6.29 Å². The summed E-state index contributed by atoms with van der Waals surface area (Å²) in [6.07, 6.45) is 6.11. The van der Waals surface area contributed by atoms with Crippen LogP contribution in [-0.2, 0) is 9.59 Å². The van der Waals surface area contributed by atoms with Crippen LogP contribution in [0.4, 0.5) is 5.69 Å². The number of carbonyl (C=O) groups excluding carboxylic acids is 2. The first-order valence-electron chi connectivity index (χ1n) is 14.2. The number of thiol groups is 1. The molecule has 4 aromatic rings. The molecule has 0 bridgehead atoms. The quantitative estimate of drug-likeness (QED) is 0.0481. The number of allylic oxidation sites excluding steroid dienone is 2. The molecule has 0 unspecified atom stereocenters. The standard InChI is InChI=1S/C13H16OS.C10H12OS.C7H9N.C7H8S/c1-11-6-8-13(9-7-11)15-10-4-3-5-12(2)14;1-9-3-5-10(6-4-9)12-8-2-7-11;2*1-6-2-4-7(8)5-3-6/h3,5-9H,4,10H2,1-2H3;3-7H,2,8H2,1H3;2-5H,8H2,1H3;2-5,8H,1H3/b5-3+;;;. The van der Waals surface area contributed by atoms with E-state index in [1.54, 1.807) is 24.8 Å². The van der Waals surface area contributed by atoms with Crippen molar-refractivity contribution < 1.29 is 9.59 Å². The van der Waals surface area contributed by atoms with Crippen molar-refractivity contribution in [2.45, 2.75) is 62.1 Å². The fourth-order valence-electron chi connectivity index (χ4n) is 3.10. The van der Waals surface area contributed by atoms with Crippen molar-refractivity contribution in [3.05, 3.63) is 131 Å². The summed E-state index contributed by atoms with van der Waals surface area (Å²) in [7, 11) is 0. The number of aldehydes is 1. The average Bonchev–Trinajstić information content (AvgIpc) is 2.99. The second-order valence-electron chi connectivity index (χ2n) is 9.83. The molecule has 0 amide bonds. The fourth-order valence-corrected chi connectivity index (χ4v) is 4.84. The Morgan fingerprint density at radius 3 is 1.37 bits per heavy atom. The molecular weight excluding hydrogens is 587 g/mol. The summed E-state index contributed by atoms with van der Waals surface area (Å²) >= 11 is 7.67. The minimum atomic E-state index is 0.121. The Labute approximate surface area is 273 Å². The first kappa shape index (κ1) is 37.8. The maximum absolute atomic E-state index is 10.6. The topological polar surface area (TPSA) is 60.2 Å². The van der Waals surface area contributed by atoms with Gasteiger partial charge < -0.3 is 10.5 Å². The molecule has 43 heavy (non-hydrogen) atoms. The summed E-state index contributed by atoms with van der Waals surface area (Å²) < 4.78 is 0. The Hall–Kier alpha value is -3.19. The molecule has 4 aromatic carbocycles. The van der Waals surface area contributed by atoms with Crippen LogP contribution in [0.3, 0.4) is 0 Å². The second kappa shape index (κ2) is 23.3. The van der Waals surface area contributed by atoms with E-state index in [0.29, 0.717) is 6.42 Å². The highest BCUT2D eigenvalue weighted by molar-refractivity contribution is 7.99. The summed E-state index contributed by atoms with van der Waals surface area (Å²) in [6.45, 7) is 9.83. The Kier molecular flexibility index (Phi) is 20.5. The number of benzene rings is 4. The highest BCUT2D eigenvalue weighted by Crippen LogP contribution is 2.19. The Morgan fingerprint density at radius 1 is 0.651 bits per heavy atom. The molecule has 228 valence electrons. The van der Waals surface area contributed by atoms with Crippen LogP contribution < -0.4 is 5.73 Å². The third-order valence-corrected chi connectivity index (χ3v) is 7.95. The number of nitrogen functional groups attached to an aromatic ring is 1. The van der Waals surface area contributed by atoms with E-state index in [9.17, 15) is 9.59 Å². The lowest BCUT2D eigenvalue weighted by Gasteiger charge is -1.99. The van der Waals surface area contributed by atoms with Crippen molar-refractivity contribution in [1.29, 1.82) is 0 Å². The van der Waals surface area contributed by atoms with Crippen LogP contribution in [0.1, 0.15) is 42.0 Å². The van der Waals surface area contributed by atoms with Crippen LogP contribution in [0, 0.1) is 27.7 Å². The average molecular weight is 632 g/mol. The molecule has 0 saturated heterocycles. The third kappa shape index (κ3) is 21.2. The molecule has 4 rings (SSSR count). The maximum Gasteiger partial charge on any atom is 0.152 e. The molecule has 0 aliphatic carbocycles. The number of rotatable bonds is 9. The van der Waals surface area contributed by atoms with E-state index < -0.39 is 0 Å². The minimum Gasteiger partial charge on any atom is -0.399 e. The normalized spacial score (nSPS) is 9.91. The summed E-state index contributed by atoms with van der Waals surface area (Å²) in [6, 6.07) is 32.7. The highest BCUT2D eigenvalue weighted by Gasteiger charge is 1.93. The van der Waals surface area contributed by atoms with Crippen LogP contribution in [0.2, 0.25) is 0 Å². The number of hydrogen-bond donors (Lipinski definition) is 2. The summed E-state index contributed by atoms with van der Waals surface area (Å²) in [5.74, 6) is 2.02. The number of aryl methyl sites for hydroxylation is 4. The van der Waals surface area contributed by atoms with Gasteiger partial charge in [0.15, 0.2) is 5.78 Å². The zero-order valence-electron chi connectivity index (χ0n) is 26.0. The van der Waals surface area contributed by atoms with Gasteiger partial charge in [-0.25, -0.2) is 0 Å². The first-order valence-corrected chi connectivity index (χ1v) is 16.6. The van der Waals surface area contributed by atoms with Gasteiger partial charge >= 0.3 is 0 Å². The lowest BCUT2D eigenvalue weighted by Crippen LogP contribution is -1.81. The molecule has 0 aliphatic heterocycles.